The van der Waals surface area contributed by atoms with E-state index in [1.165, 1.54) is 23.5 Å². The van der Waals surface area contributed by atoms with Crippen LogP contribution in [0.25, 0.3) is 21.9 Å². The first-order valence-corrected chi connectivity index (χ1v) is 10.0. The molecule has 3 heterocycles. The Bertz CT molecular complexity index is 1230. The van der Waals surface area contributed by atoms with E-state index < -0.39 is 0 Å². The Labute approximate surface area is 174 Å². The van der Waals surface area contributed by atoms with E-state index in [4.69, 9.17) is 0 Å². The zero-order chi connectivity index (χ0) is 20.3. The number of anilines is 2. The second kappa shape index (κ2) is 7.87. The third-order valence-electron chi connectivity index (χ3n) is 4.34. The molecule has 9 nitrogen and oxygen atoms in total. The van der Waals surface area contributed by atoms with Crippen molar-refractivity contribution < 1.29 is 4.39 Å². The van der Waals surface area contributed by atoms with Crippen LogP contribution in [0.4, 0.5) is 15.5 Å². The van der Waals surface area contributed by atoms with Gasteiger partial charge in [0, 0.05) is 18.7 Å². The van der Waals surface area contributed by atoms with Gasteiger partial charge >= 0.3 is 0 Å². The quantitative estimate of drug-likeness (QED) is 0.390. The molecule has 2 aromatic carbocycles. The number of halogens is 1. The highest BCUT2D eigenvalue weighted by Gasteiger charge is 2.10. The van der Waals surface area contributed by atoms with Crippen molar-refractivity contribution >= 4 is 27.4 Å². The van der Waals surface area contributed by atoms with Gasteiger partial charge in [0.25, 0.3) is 0 Å². The van der Waals surface area contributed by atoms with E-state index >= 15 is 0 Å². The molecule has 0 saturated carbocycles. The van der Waals surface area contributed by atoms with Crippen LogP contribution in [0, 0.1) is 5.82 Å². The van der Waals surface area contributed by atoms with Crippen LogP contribution in [0.1, 0.15) is 0 Å². The number of hydrogen-bond donors (Lipinski definition) is 2. The van der Waals surface area contributed by atoms with Crippen LogP contribution >= 0.6 is 11.3 Å². The van der Waals surface area contributed by atoms with Gasteiger partial charge in [0.2, 0.25) is 16.0 Å². The molecule has 150 valence electrons. The van der Waals surface area contributed by atoms with Crippen LogP contribution < -0.4 is 10.6 Å². The lowest BCUT2D eigenvalue weighted by Gasteiger charge is -2.07. The number of benzene rings is 2. The van der Waals surface area contributed by atoms with Crippen LogP contribution in [-0.2, 0) is 0 Å². The Kier molecular flexibility index (Phi) is 4.77. The predicted octanol–water partition coefficient (Wildman–Crippen LogP) is 3.10. The standard InChI is InChI=1S/C19H16FN9S/c20-14-8-6-13(7-9-14)16-12-28-19(23-16)30-18(25-28)22-11-10-21-17-24-26-27-29(17)15-4-2-1-3-5-15/h1-9,12H,10-11H2,(H,22,25)(H,21,24,27). The van der Waals surface area contributed by atoms with E-state index in [9.17, 15) is 4.39 Å². The molecule has 0 atom stereocenters. The van der Waals surface area contributed by atoms with Gasteiger partial charge in [-0.25, -0.2) is 13.9 Å². The molecule has 0 saturated heterocycles. The number of aromatic nitrogens is 7. The molecule has 0 bridgehead atoms. The van der Waals surface area contributed by atoms with Crippen LogP contribution in [0.15, 0.2) is 60.8 Å². The normalized spacial score (nSPS) is 11.1. The van der Waals surface area contributed by atoms with Gasteiger partial charge in [-0.05, 0) is 46.8 Å². The Morgan fingerprint density at radius 3 is 2.57 bits per heavy atom. The first-order valence-electron chi connectivity index (χ1n) is 9.20. The molecule has 11 heteroatoms. The summed E-state index contributed by atoms with van der Waals surface area (Å²) in [6, 6.07) is 15.9. The summed E-state index contributed by atoms with van der Waals surface area (Å²) >= 11 is 1.45. The number of hydrogen-bond acceptors (Lipinski definition) is 8. The van der Waals surface area contributed by atoms with E-state index in [1.54, 1.807) is 21.3 Å². The Balaban J connectivity index is 1.19. The fourth-order valence-electron chi connectivity index (χ4n) is 2.92. The summed E-state index contributed by atoms with van der Waals surface area (Å²) in [6.07, 6.45) is 1.83. The number of para-hydroxylation sites is 1. The minimum Gasteiger partial charge on any atom is -0.358 e. The monoisotopic (exact) mass is 421 g/mol. The molecule has 5 rings (SSSR count). The topological polar surface area (TPSA) is 97.9 Å². The molecule has 3 aromatic heterocycles. The number of nitrogens with one attached hydrogen (secondary N) is 2. The van der Waals surface area contributed by atoms with Crippen molar-refractivity contribution in [1.29, 1.82) is 0 Å². The van der Waals surface area contributed by atoms with Gasteiger partial charge < -0.3 is 10.6 Å². The molecule has 0 fully saturated rings. The van der Waals surface area contributed by atoms with E-state index in [2.05, 4.69) is 36.2 Å². The molecule has 2 N–H and O–H groups in total. The van der Waals surface area contributed by atoms with Gasteiger partial charge in [-0.3, -0.25) is 0 Å². The molecule has 0 unspecified atom stereocenters. The Hall–Kier alpha value is -3.86. The summed E-state index contributed by atoms with van der Waals surface area (Å²) < 4.78 is 16.4. The maximum Gasteiger partial charge on any atom is 0.247 e. The lowest BCUT2D eigenvalue weighted by atomic mass is 10.2. The Morgan fingerprint density at radius 1 is 0.967 bits per heavy atom. The summed E-state index contributed by atoms with van der Waals surface area (Å²) in [5.74, 6) is 0.302. The first kappa shape index (κ1) is 18.2. The fourth-order valence-corrected chi connectivity index (χ4v) is 3.72. The summed E-state index contributed by atoms with van der Waals surface area (Å²) in [4.78, 5) is 5.32. The number of fused-ring (bicyclic) bond motifs is 1. The van der Waals surface area contributed by atoms with Crippen molar-refractivity contribution in [3.63, 3.8) is 0 Å². The first-order chi connectivity index (χ1) is 14.8. The fraction of sp³-hybridized carbons (Fsp3) is 0.105. The predicted molar refractivity (Wildman–Crippen MR) is 112 cm³/mol. The molecule has 0 aliphatic rings. The average Bonchev–Trinajstić information content (AvgIpc) is 3.47. The maximum absolute atomic E-state index is 13.1. The SMILES string of the molecule is Fc1ccc(-c2cn3nc(NCCNc4nnnn4-c4ccccc4)sc3n2)cc1. The van der Waals surface area contributed by atoms with E-state index in [0.29, 0.717) is 19.0 Å². The van der Waals surface area contributed by atoms with Gasteiger partial charge in [-0.2, -0.15) is 4.68 Å². The third-order valence-corrected chi connectivity index (χ3v) is 5.22. The van der Waals surface area contributed by atoms with Crippen LogP contribution in [0.3, 0.4) is 0 Å². The molecular formula is C19H16FN9S. The second-order valence-electron chi connectivity index (χ2n) is 6.37. The second-order valence-corrected chi connectivity index (χ2v) is 7.33. The van der Waals surface area contributed by atoms with Gasteiger partial charge in [0.15, 0.2) is 0 Å². The zero-order valence-electron chi connectivity index (χ0n) is 15.6. The largest absolute Gasteiger partial charge is 0.358 e. The molecule has 30 heavy (non-hydrogen) atoms. The summed E-state index contributed by atoms with van der Waals surface area (Å²) in [5, 5.41) is 23.5. The summed E-state index contributed by atoms with van der Waals surface area (Å²) in [5.41, 5.74) is 2.50. The molecule has 0 radical (unpaired) electrons. The molecule has 0 spiro atoms. The van der Waals surface area contributed by atoms with E-state index in [-0.39, 0.29) is 5.82 Å². The molecule has 0 aliphatic carbocycles. The van der Waals surface area contributed by atoms with Crippen LogP contribution in [-0.4, -0.2) is 47.9 Å². The average molecular weight is 421 g/mol. The number of tetrazole rings is 1. The van der Waals surface area contributed by atoms with E-state index in [0.717, 1.165) is 27.0 Å². The van der Waals surface area contributed by atoms with Gasteiger partial charge in [-0.15, -0.1) is 5.10 Å². The number of nitrogens with zero attached hydrogens (tertiary/aromatic N) is 7. The van der Waals surface area contributed by atoms with Crippen molar-refractivity contribution in [3.05, 3.63) is 66.6 Å². The van der Waals surface area contributed by atoms with E-state index in [1.807, 2.05) is 36.5 Å². The van der Waals surface area contributed by atoms with Crippen LogP contribution in [0.5, 0.6) is 0 Å². The number of imidazole rings is 1. The van der Waals surface area contributed by atoms with Crippen molar-refractivity contribution in [2.45, 2.75) is 0 Å². The van der Waals surface area contributed by atoms with Crippen LogP contribution in [0.2, 0.25) is 0 Å². The molecule has 0 aliphatic heterocycles. The molecular weight excluding hydrogens is 405 g/mol. The lowest BCUT2D eigenvalue weighted by Crippen LogP contribution is -2.16. The summed E-state index contributed by atoms with van der Waals surface area (Å²) in [6.45, 7) is 1.24. The third kappa shape index (κ3) is 3.70. The van der Waals surface area contributed by atoms with Crippen molar-refractivity contribution in [3.8, 4) is 16.9 Å². The van der Waals surface area contributed by atoms with Crippen molar-refractivity contribution in [2.75, 3.05) is 23.7 Å². The van der Waals surface area contributed by atoms with Crippen molar-refractivity contribution in [1.82, 2.24) is 34.8 Å². The van der Waals surface area contributed by atoms with Crippen molar-refractivity contribution in [2.24, 2.45) is 0 Å². The summed E-state index contributed by atoms with van der Waals surface area (Å²) in [7, 11) is 0. The highest BCUT2D eigenvalue weighted by atomic mass is 32.1. The highest BCUT2D eigenvalue weighted by molar-refractivity contribution is 7.20. The van der Waals surface area contributed by atoms with Gasteiger partial charge in [0.1, 0.15) is 5.82 Å². The lowest BCUT2D eigenvalue weighted by molar-refractivity contribution is 0.628. The Morgan fingerprint density at radius 2 is 1.77 bits per heavy atom. The molecule has 5 aromatic rings. The minimum atomic E-state index is -0.268. The smallest absolute Gasteiger partial charge is 0.247 e. The highest BCUT2D eigenvalue weighted by Crippen LogP contribution is 2.24. The number of rotatable bonds is 7. The molecule has 0 amide bonds. The van der Waals surface area contributed by atoms with Gasteiger partial charge in [-0.1, -0.05) is 34.6 Å². The minimum absolute atomic E-state index is 0.268. The van der Waals surface area contributed by atoms with Gasteiger partial charge in [0.05, 0.1) is 17.6 Å². The zero-order valence-corrected chi connectivity index (χ0v) is 16.4. The maximum atomic E-state index is 13.1.